The van der Waals surface area contributed by atoms with Crippen LogP contribution in [-0.2, 0) is 13.0 Å². The Kier molecular flexibility index (Phi) is 3.60. The summed E-state index contributed by atoms with van der Waals surface area (Å²) in [6, 6.07) is 14.0. The Balaban J connectivity index is 1.75. The lowest BCUT2D eigenvalue weighted by Crippen LogP contribution is -2.13. The van der Waals surface area contributed by atoms with Crippen molar-refractivity contribution in [2.24, 2.45) is 0 Å². The number of rotatable bonds is 3. The summed E-state index contributed by atoms with van der Waals surface area (Å²) < 4.78 is 5.92. The lowest BCUT2D eigenvalue weighted by Gasteiger charge is -2.21. The first-order chi connectivity index (χ1) is 9.33. The van der Waals surface area contributed by atoms with E-state index in [1.807, 2.05) is 30.3 Å². The molecule has 98 valence electrons. The highest BCUT2D eigenvalue weighted by Gasteiger charge is 2.13. The molecule has 1 N–H and O–H groups in total. The smallest absolute Gasteiger partial charge is 0.143 e. The molecule has 0 bridgehead atoms. The van der Waals surface area contributed by atoms with Crippen molar-refractivity contribution < 1.29 is 4.74 Å². The minimum Gasteiger partial charge on any atom is -0.487 e. The van der Waals surface area contributed by atoms with Gasteiger partial charge in [0.1, 0.15) is 12.4 Å². The molecule has 19 heavy (non-hydrogen) atoms. The van der Waals surface area contributed by atoms with Gasteiger partial charge in [0, 0.05) is 11.6 Å². The van der Waals surface area contributed by atoms with Crippen LogP contribution in [0.5, 0.6) is 5.75 Å². The number of hydrogen-bond acceptors (Lipinski definition) is 2. The average molecular weight is 274 g/mol. The average Bonchev–Trinajstić information content (AvgIpc) is 2.47. The van der Waals surface area contributed by atoms with Crippen LogP contribution in [0, 0.1) is 0 Å². The van der Waals surface area contributed by atoms with Crippen molar-refractivity contribution in [3.8, 4) is 5.75 Å². The molecule has 0 saturated heterocycles. The number of ether oxygens (including phenoxy) is 1. The molecule has 0 radical (unpaired) electrons. The van der Waals surface area contributed by atoms with Crippen LogP contribution in [0.2, 0.25) is 5.02 Å². The fraction of sp³-hybridized carbons (Fsp3) is 0.250. The number of hydrogen-bond donors (Lipinski definition) is 1. The number of anilines is 1. The van der Waals surface area contributed by atoms with E-state index in [4.69, 9.17) is 16.3 Å². The van der Waals surface area contributed by atoms with Crippen molar-refractivity contribution in [1.29, 1.82) is 0 Å². The van der Waals surface area contributed by atoms with Gasteiger partial charge in [-0.2, -0.15) is 0 Å². The fourth-order valence-corrected chi connectivity index (χ4v) is 2.47. The van der Waals surface area contributed by atoms with Crippen molar-refractivity contribution in [2.75, 3.05) is 11.9 Å². The second-order valence-electron chi connectivity index (χ2n) is 4.74. The zero-order valence-electron chi connectivity index (χ0n) is 10.7. The van der Waals surface area contributed by atoms with Gasteiger partial charge < -0.3 is 10.1 Å². The molecule has 0 amide bonds. The summed E-state index contributed by atoms with van der Waals surface area (Å²) in [7, 11) is 0. The maximum atomic E-state index is 5.92. The zero-order chi connectivity index (χ0) is 13.1. The number of benzene rings is 2. The Morgan fingerprint density at radius 1 is 1.11 bits per heavy atom. The van der Waals surface area contributed by atoms with Crippen molar-refractivity contribution in [2.45, 2.75) is 19.4 Å². The van der Waals surface area contributed by atoms with Gasteiger partial charge >= 0.3 is 0 Å². The summed E-state index contributed by atoms with van der Waals surface area (Å²) in [5.74, 6) is 0.937. The van der Waals surface area contributed by atoms with Crippen LogP contribution in [0.3, 0.4) is 0 Å². The number of para-hydroxylation sites is 1. The first kappa shape index (κ1) is 12.4. The predicted octanol–water partition coefficient (Wildman–Crippen LogP) is 4.28. The molecule has 0 aliphatic carbocycles. The Morgan fingerprint density at radius 2 is 1.95 bits per heavy atom. The minimum atomic E-state index is 0.565. The first-order valence-electron chi connectivity index (χ1n) is 6.56. The zero-order valence-corrected chi connectivity index (χ0v) is 11.4. The highest BCUT2D eigenvalue weighted by atomic mass is 35.5. The summed E-state index contributed by atoms with van der Waals surface area (Å²) in [6.07, 6.45) is 2.31. The van der Waals surface area contributed by atoms with E-state index in [1.54, 1.807) is 0 Å². The largest absolute Gasteiger partial charge is 0.487 e. The summed E-state index contributed by atoms with van der Waals surface area (Å²) >= 11 is 5.87. The van der Waals surface area contributed by atoms with E-state index in [0.29, 0.717) is 6.61 Å². The molecule has 2 nitrogen and oxygen atoms in total. The Hall–Kier alpha value is -1.67. The van der Waals surface area contributed by atoms with E-state index >= 15 is 0 Å². The molecule has 3 heteroatoms. The van der Waals surface area contributed by atoms with Crippen molar-refractivity contribution in [3.05, 3.63) is 58.6 Å². The third-order valence-corrected chi connectivity index (χ3v) is 3.60. The van der Waals surface area contributed by atoms with Crippen molar-refractivity contribution in [1.82, 2.24) is 0 Å². The van der Waals surface area contributed by atoms with Crippen LogP contribution >= 0.6 is 11.6 Å². The third kappa shape index (κ3) is 2.85. The molecular formula is C16H16ClNO. The highest BCUT2D eigenvalue weighted by molar-refractivity contribution is 6.30. The number of fused-ring (bicyclic) bond motifs is 1. The van der Waals surface area contributed by atoms with E-state index in [-0.39, 0.29) is 0 Å². The molecule has 2 aromatic rings. The van der Waals surface area contributed by atoms with Gasteiger partial charge in [-0.05, 0) is 42.2 Å². The van der Waals surface area contributed by atoms with Gasteiger partial charge in [-0.25, -0.2) is 0 Å². The standard InChI is InChI=1S/C16H16ClNO/c17-14-8-6-12(7-9-14)11-19-15-5-1-3-13-4-2-10-18-16(13)15/h1,3,5-9,18H,2,4,10-11H2. The van der Waals surface area contributed by atoms with Gasteiger partial charge in [-0.3, -0.25) is 0 Å². The maximum Gasteiger partial charge on any atom is 0.143 e. The topological polar surface area (TPSA) is 21.3 Å². The molecule has 1 aliphatic heterocycles. The predicted molar refractivity (Wildman–Crippen MR) is 79.0 cm³/mol. The lowest BCUT2D eigenvalue weighted by atomic mass is 10.0. The van der Waals surface area contributed by atoms with Crippen LogP contribution in [0.4, 0.5) is 5.69 Å². The SMILES string of the molecule is Clc1ccc(COc2cccc3c2NCCC3)cc1. The van der Waals surface area contributed by atoms with Crippen LogP contribution in [0.15, 0.2) is 42.5 Å². The molecule has 0 saturated carbocycles. The van der Waals surface area contributed by atoms with E-state index < -0.39 is 0 Å². The van der Waals surface area contributed by atoms with Crippen LogP contribution < -0.4 is 10.1 Å². The number of aryl methyl sites for hydroxylation is 1. The van der Waals surface area contributed by atoms with Gasteiger partial charge in [0.05, 0.1) is 5.69 Å². The lowest BCUT2D eigenvalue weighted by molar-refractivity contribution is 0.307. The molecule has 0 fully saturated rings. The second-order valence-corrected chi connectivity index (χ2v) is 5.17. The van der Waals surface area contributed by atoms with Gasteiger partial charge in [0.25, 0.3) is 0 Å². The Bertz CT molecular complexity index is 565. The normalized spacial score (nSPS) is 13.5. The third-order valence-electron chi connectivity index (χ3n) is 3.34. The monoisotopic (exact) mass is 273 g/mol. The molecule has 1 aliphatic rings. The molecule has 0 spiro atoms. The summed E-state index contributed by atoms with van der Waals surface area (Å²) in [6.45, 7) is 1.59. The van der Waals surface area contributed by atoms with Crippen LogP contribution in [0.25, 0.3) is 0 Å². The van der Waals surface area contributed by atoms with Crippen molar-refractivity contribution >= 4 is 17.3 Å². The van der Waals surface area contributed by atoms with Crippen molar-refractivity contribution in [3.63, 3.8) is 0 Å². The Morgan fingerprint density at radius 3 is 2.79 bits per heavy atom. The quantitative estimate of drug-likeness (QED) is 0.901. The molecule has 2 aromatic carbocycles. The maximum absolute atomic E-state index is 5.92. The van der Waals surface area contributed by atoms with E-state index in [0.717, 1.165) is 35.0 Å². The summed E-state index contributed by atoms with van der Waals surface area (Å²) in [4.78, 5) is 0. The summed E-state index contributed by atoms with van der Waals surface area (Å²) in [5.41, 5.74) is 3.63. The molecule has 1 heterocycles. The van der Waals surface area contributed by atoms with Crippen LogP contribution in [-0.4, -0.2) is 6.54 Å². The fourth-order valence-electron chi connectivity index (χ4n) is 2.34. The highest BCUT2D eigenvalue weighted by Crippen LogP contribution is 2.32. The van der Waals surface area contributed by atoms with E-state index in [2.05, 4.69) is 17.4 Å². The molecule has 0 aromatic heterocycles. The molecular weight excluding hydrogens is 258 g/mol. The molecule has 3 rings (SSSR count). The Labute approximate surface area is 118 Å². The second kappa shape index (κ2) is 5.54. The van der Waals surface area contributed by atoms with Gasteiger partial charge in [0.2, 0.25) is 0 Å². The summed E-state index contributed by atoms with van der Waals surface area (Å²) in [5, 5.41) is 4.18. The molecule has 0 atom stereocenters. The van der Waals surface area contributed by atoms with E-state index in [9.17, 15) is 0 Å². The van der Waals surface area contributed by atoms with Crippen LogP contribution in [0.1, 0.15) is 17.5 Å². The van der Waals surface area contributed by atoms with E-state index in [1.165, 1.54) is 12.0 Å². The number of halogens is 1. The van der Waals surface area contributed by atoms with Gasteiger partial charge in [0.15, 0.2) is 0 Å². The number of nitrogens with one attached hydrogen (secondary N) is 1. The minimum absolute atomic E-state index is 0.565. The van der Waals surface area contributed by atoms with Gasteiger partial charge in [-0.1, -0.05) is 35.9 Å². The first-order valence-corrected chi connectivity index (χ1v) is 6.94. The molecule has 0 unspecified atom stereocenters. The van der Waals surface area contributed by atoms with Gasteiger partial charge in [-0.15, -0.1) is 0 Å².